The number of H-pyrrole nitrogens is 2. The van der Waals surface area contributed by atoms with E-state index in [9.17, 15) is 0 Å². The zero-order valence-electron chi connectivity index (χ0n) is 22.4. The number of imidazole rings is 1. The molecule has 40 heavy (non-hydrogen) atoms. The molecule has 3 N–H and O–H groups in total. The van der Waals surface area contributed by atoms with E-state index in [4.69, 9.17) is 14.7 Å². The number of pyridine rings is 2. The molecule has 4 aromatic heterocycles. The van der Waals surface area contributed by atoms with Crippen LogP contribution in [-0.4, -0.2) is 43.8 Å². The van der Waals surface area contributed by atoms with Gasteiger partial charge in [-0.1, -0.05) is 37.1 Å². The molecule has 8 nitrogen and oxygen atoms in total. The fourth-order valence-corrected chi connectivity index (χ4v) is 5.75. The van der Waals surface area contributed by atoms with Crippen LogP contribution in [-0.2, 0) is 6.54 Å². The van der Waals surface area contributed by atoms with E-state index in [-0.39, 0.29) is 0 Å². The average molecular weight is 530 g/mol. The number of benzene rings is 2. The highest BCUT2D eigenvalue weighted by molar-refractivity contribution is 5.96. The summed E-state index contributed by atoms with van der Waals surface area (Å²) in [6.45, 7) is 1.88. The number of methoxy groups -OCH3 is 1. The number of hydrogen-bond donors (Lipinski definition) is 3. The lowest BCUT2D eigenvalue weighted by Crippen LogP contribution is -2.20. The van der Waals surface area contributed by atoms with Crippen LogP contribution < -0.4 is 10.1 Å². The summed E-state index contributed by atoms with van der Waals surface area (Å²) >= 11 is 0. The van der Waals surface area contributed by atoms with E-state index in [1.54, 1.807) is 7.11 Å². The van der Waals surface area contributed by atoms with E-state index in [1.807, 2.05) is 54.9 Å². The fraction of sp³-hybridized carbons (Fsp3) is 0.250. The molecule has 0 spiro atoms. The minimum absolute atomic E-state index is 0.671. The molecule has 0 unspecified atom stereocenters. The molecule has 0 amide bonds. The van der Waals surface area contributed by atoms with Gasteiger partial charge < -0.3 is 15.0 Å². The smallest absolute Gasteiger partial charge is 0.161 e. The minimum Gasteiger partial charge on any atom is -0.497 e. The number of aromatic nitrogens is 6. The number of ether oxygens (including phenoxy) is 1. The molecule has 0 aliphatic heterocycles. The van der Waals surface area contributed by atoms with Crippen LogP contribution in [0.25, 0.3) is 56.0 Å². The molecular formula is C32H31N7O. The topological polar surface area (TPSA) is 104 Å². The van der Waals surface area contributed by atoms with Gasteiger partial charge in [0.05, 0.1) is 29.4 Å². The molecule has 0 radical (unpaired) electrons. The van der Waals surface area contributed by atoms with E-state index >= 15 is 0 Å². The highest BCUT2D eigenvalue weighted by atomic mass is 16.5. The van der Waals surface area contributed by atoms with Crippen molar-refractivity contribution in [3.05, 3.63) is 78.6 Å². The van der Waals surface area contributed by atoms with Crippen LogP contribution >= 0.6 is 0 Å². The van der Waals surface area contributed by atoms with Crippen molar-refractivity contribution in [3.8, 4) is 39.7 Å². The van der Waals surface area contributed by atoms with Crippen LogP contribution in [0.5, 0.6) is 5.75 Å². The lowest BCUT2D eigenvalue weighted by atomic mass is 10.0. The number of fused-ring (bicyclic) bond motifs is 2. The fourth-order valence-electron chi connectivity index (χ4n) is 5.75. The number of aromatic amines is 2. The molecule has 1 aliphatic carbocycles. The zero-order valence-corrected chi connectivity index (χ0v) is 22.4. The third kappa shape index (κ3) is 4.71. The molecule has 7 rings (SSSR count). The van der Waals surface area contributed by atoms with E-state index in [1.165, 1.54) is 25.7 Å². The summed E-state index contributed by atoms with van der Waals surface area (Å²) in [4.78, 5) is 18.0. The maximum atomic E-state index is 5.44. The van der Waals surface area contributed by atoms with Gasteiger partial charge >= 0.3 is 0 Å². The van der Waals surface area contributed by atoms with Gasteiger partial charge in [0.25, 0.3) is 0 Å². The lowest BCUT2D eigenvalue weighted by molar-refractivity contribution is 0.415. The van der Waals surface area contributed by atoms with Crippen LogP contribution in [0.1, 0.15) is 31.2 Å². The summed E-state index contributed by atoms with van der Waals surface area (Å²) in [5.74, 6) is 2.29. The van der Waals surface area contributed by atoms with Gasteiger partial charge in [0.1, 0.15) is 11.3 Å². The Hall–Kier alpha value is -4.56. The van der Waals surface area contributed by atoms with Crippen molar-refractivity contribution in [1.29, 1.82) is 0 Å². The second-order valence-electron chi connectivity index (χ2n) is 10.5. The summed E-state index contributed by atoms with van der Waals surface area (Å²) in [5, 5.41) is 11.3. The average Bonchev–Trinajstić information content (AvgIpc) is 3.76. The SMILES string of the molecule is COc1cccc(-c2cccc3[nH]c(-c4n[nH]c5ccc(-c6cncc(CNCC7CCCC7)c6)nc45)nc23)c1. The summed E-state index contributed by atoms with van der Waals surface area (Å²) in [6, 6.07) is 20.3. The predicted octanol–water partition coefficient (Wildman–Crippen LogP) is 6.52. The Balaban J connectivity index is 1.20. The summed E-state index contributed by atoms with van der Waals surface area (Å²) in [7, 11) is 1.68. The monoisotopic (exact) mass is 529 g/mol. The summed E-state index contributed by atoms with van der Waals surface area (Å²) in [5.41, 5.74) is 9.19. The Morgan fingerprint density at radius 2 is 1.80 bits per heavy atom. The van der Waals surface area contributed by atoms with Crippen molar-refractivity contribution in [1.82, 2.24) is 35.5 Å². The Bertz CT molecular complexity index is 1800. The van der Waals surface area contributed by atoms with Crippen LogP contribution in [0, 0.1) is 5.92 Å². The molecule has 1 fully saturated rings. The number of para-hydroxylation sites is 1. The molecule has 8 heteroatoms. The highest BCUT2D eigenvalue weighted by Crippen LogP contribution is 2.33. The van der Waals surface area contributed by atoms with E-state index < -0.39 is 0 Å². The van der Waals surface area contributed by atoms with Gasteiger partial charge in [-0.3, -0.25) is 10.1 Å². The van der Waals surface area contributed by atoms with Gasteiger partial charge in [-0.05, 0) is 72.8 Å². The minimum atomic E-state index is 0.671. The molecule has 0 bridgehead atoms. The van der Waals surface area contributed by atoms with Crippen molar-refractivity contribution in [2.45, 2.75) is 32.2 Å². The molecule has 6 aromatic rings. The zero-order chi connectivity index (χ0) is 26.9. The van der Waals surface area contributed by atoms with Gasteiger partial charge in [-0.2, -0.15) is 5.10 Å². The van der Waals surface area contributed by atoms with Crippen molar-refractivity contribution >= 4 is 22.1 Å². The summed E-state index contributed by atoms with van der Waals surface area (Å²) in [6.07, 6.45) is 9.22. The molecule has 2 aromatic carbocycles. The Morgan fingerprint density at radius 1 is 0.900 bits per heavy atom. The van der Waals surface area contributed by atoms with Crippen molar-refractivity contribution < 1.29 is 4.74 Å². The van der Waals surface area contributed by atoms with Crippen LogP contribution in [0.15, 0.2) is 73.1 Å². The third-order valence-corrected chi connectivity index (χ3v) is 7.85. The number of nitrogens with one attached hydrogen (secondary N) is 3. The standard InChI is InChI=1S/C32H31N7O/c1-40-24-9-4-8-22(15-24)25-10-5-11-27-29(25)37-32(36-27)31-30-28(38-39-31)13-12-26(35-30)23-14-21(18-34-19-23)17-33-16-20-6-2-3-7-20/h4-5,8-15,18-20,33H,2-3,6-7,16-17H2,1H3,(H,36,37)(H,38,39). The van der Waals surface area contributed by atoms with E-state index in [0.29, 0.717) is 11.5 Å². The van der Waals surface area contributed by atoms with E-state index in [0.717, 1.165) is 74.8 Å². The first kappa shape index (κ1) is 24.5. The van der Waals surface area contributed by atoms with Crippen molar-refractivity contribution in [2.75, 3.05) is 13.7 Å². The van der Waals surface area contributed by atoms with Gasteiger partial charge in [0, 0.05) is 30.1 Å². The quantitative estimate of drug-likeness (QED) is 0.207. The van der Waals surface area contributed by atoms with Gasteiger partial charge in [0.2, 0.25) is 0 Å². The van der Waals surface area contributed by atoms with Crippen molar-refractivity contribution in [3.63, 3.8) is 0 Å². The second kappa shape index (κ2) is 10.5. The molecule has 4 heterocycles. The van der Waals surface area contributed by atoms with Crippen LogP contribution in [0.2, 0.25) is 0 Å². The lowest BCUT2D eigenvalue weighted by Gasteiger charge is -2.11. The normalized spacial score (nSPS) is 13.9. The summed E-state index contributed by atoms with van der Waals surface area (Å²) < 4.78 is 5.44. The van der Waals surface area contributed by atoms with Gasteiger partial charge in [-0.15, -0.1) is 0 Å². The first-order chi connectivity index (χ1) is 19.7. The first-order valence-electron chi connectivity index (χ1n) is 13.9. The molecule has 1 aliphatic rings. The van der Waals surface area contributed by atoms with Crippen LogP contribution in [0.3, 0.4) is 0 Å². The molecular weight excluding hydrogens is 498 g/mol. The largest absolute Gasteiger partial charge is 0.497 e. The number of hydrogen-bond acceptors (Lipinski definition) is 6. The maximum absolute atomic E-state index is 5.44. The molecule has 0 saturated heterocycles. The first-order valence-corrected chi connectivity index (χ1v) is 13.9. The maximum Gasteiger partial charge on any atom is 0.161 e. The molecule has 1 saturated carbocycles. The van der Waals surface area contributed by atoms with E-state index in [2.05, 4.69) is 43.7 Å². The Labute approximate surface area is 232 Å². The number of nitrogens with zero attached hydrogens (tertiary/aromatic N) is 4. The molecule has 200 valence electrons. The van der Waals surface area contributed by atoms with Crippen LogP contribution in [0.4, 0.5) is 0 Å². The number of rotatable bonds is 8. The molecule has 0 atom stereocenters. The third-order valence-electron chi connectivity index (χ3n) is 7.85. The highest BCUT2D eigenvalue weighted by Gasteiger charge is 2.18. The second-order valence-corrected chi connectivity index (χ2v) is 10.5. The Morgan fingerprint density at radius 3 is 2.70 bits per heavy atom. The Kier molecular flexibility index (Phi) is 6.45. The van der Waals surface area contributed by atoms with Gasteiger partial charge in [0.15, 0.2) is 11.5 Å². The predicted molar refractivity (Wildman–Crippen MR) is 158 cm³/mol. The van der Waals surface area contributed by atoms with Gasteiger partial charge in [-0.25, -0.2) is 9.97 Å². The van der Waals surface area contributed by atoms with Crippen molar-refractivity contribution in [2.24, 2.45) is 5.92 Å².